The Hall–Kier alpha value is -4.83. The van der Waals surface area contributed by atoms with Gasteiger partial charge in [0.15, 0.2) is 0 Å². The summed E-state index contributed by atoms with van der Waals surface area (Å²) in [4.78, 5) is 39.6. The van der Waals surface area contributed by atoms with E-state index in [0.29, 0.717) is 21.7 Å². The van der Waals surface area contributed by atoms with Gasteiger partial charge in [-0.3, -0.25) is 14.4 Å². The van der Waals surface area contributed by atoms with E-state index in [1.54, 1.807) is 67.6 Å². The fourth-order valence-electron chi connectivity index (χ4n) is 3.89. The highest BCUT2D eigenvalue weighted by atomic mass is 32.2. The standard InChI is InChI=1S/C33H28F3N3O3S/c1-21-14-16-23(17-15-21)18-29(39-31(41)24-8-4-3-5-9-24)32(42)38-27-12-7-13-28(20-27)43-22(2)30(40)37-26-11-6-10-25(19-26)33(34,35)36/h3-20,22H,1-2H3,(H,37,40)(H,38,42)(H,39,41)/b29-18-. The summed E-state index contributed by atoms with van der Waals surface area (Å²) in [6, 6.07) is 27.2. The lowest BCUT2D eigenvalue weighted by molar-refractivity contribution is -0.137. The van der Waals surface area contributed by atoms with Crippen LogP contribution in [0.1, 0.15) is 34.0 Å². The predicted molar refractivity (Wildman–Crippen MR) is 164 cm³/mol. The van der Waals surface area contributed by atoms with Gasteiger partial charge in [0.25, 0.3) is 11.8 Å². The number of amides is 3. The van der Waals surface area contributed by atoms with Gasteiger partial charge in [-0.05, 0) is 74.0 Å². The third-order valence-corrected chi connectivity index (χ3v) is 7.24. The van der Waals surface area contributed by atoms with Crippen molar-refractivity contribution in [3.8, 4) is 0 Å². The molecule has 3 amide bonds. The Kier molecular flexibility index (Phi) is 10.0. The highest BCUT2D eigenvalue weighted by molar-refractivity contribution is 8.00. The zero-order valence-electron chi connectivity index (χ0n) is 23.2. The molecule has 43 heavy (non-hydrogen) atoms. The SMILES string of the molecule is Cc1ccc(/C=C(\NC(=O)c2ccccc2)C(=O)Nc2cccc(SC(C)C(=O)Nc3cccc(C(F)(F)F)c3)c2)cc1. The molecule has 0 spiro atoms. The molecule has 0 fully saturated rings. The van der Waals surface area contributed by atoms with Gasteiger partial charge in [-0.1, -0.05) is 60.2 Å². The van der Waals surface area contributed by atoms with Crippen molar-refractivity contribution in [3.63, 3.8) is 0 Å². The first-order valence-corrected chi connectivity index (χ1v) is 14.1. The van der Waals surface area contributed by atoms with Gasteiger partial charge in [0.1, 0.15) is 5.70 Å². The second-order valence-corrected chi connectivity index (χ2v) is 11.0. The Morgan fingerprint density at radius 1 is 0.791 bits per heavy atom. The lowest BCUT2D eigenvalue weighted by Crippen LogP contribution is -2.30. The molecule has 1 unspecified atom stereocenters. The monoisotopic (exact) mass is 603 g/mol. The van der Waals surface area contributed by atoms with Crippen LogP contribution in [0.4, 0.5) is 24.5 Å². The van der Waals surface area contributed by atoms with Gasteiger partial charge in [0.2, 0.25) is 5.91 Å². The molecule has 0 aliphatic carbocycles. The van der Waals surface area contributed by atoms with Crippen molar-refractivity contribution in [3.05, 3.63) is 131 Å². The van der Waals surface area contributed by atoms with Crippen LogP contribution in [0.5, 0.6) is 0 Å². The molecule has 0 aromatic heterocycles. The maximum absolute atomic E-state index is 13.3. The second-order valence-electron chi connectivity index (χ2n) is 9.60. The molecule has 0 saturated heterocycles. The fraction of sp³-hybridized carbons (Fsp3) is 0.121. The number of hydrogen-bond acceptors (Lipinski definition) is 4. The average molecular weight is 604 g/mol. The second kappa shape index (κ2) is 13.9. The van der Waals surface area contributed by atoms with Gasteiger partial charge in [0, 0.05) is 21.8 Å². The van der Waals surface area contributed by atoms with Gasteiger partial charge in [-0.2, -0.15) is 13.2 Å². The van der Waals surface area contributed by atoms with Gasteiger partial charge in [-0.25, -0.2) is 0 Å². The number of benzene rings is 4. The highest BCUT2D eigenvalue weighted by Crippen LogP contribution is 2.31. The third-order valence-electron chi connectivity index (χ3n) is 6.15. The van der Waals surface area contributed by atoms with Crippen LogP contribution in [0.3, 0.4) is 0 Å². The molecule has 4 rings (SSSR count). The van der Waals surface area contributed by atoms with Crippen molar-refractivity contribution in [2.75, 3.05) is 10.6 Å². The van der Waals surface area contributed by atoms with Crippen LogP contribution < -0.4 is 16.0 Å². The Morgan fingerprint density at radius 2 is 1.44 bits per heavy atom. The number of halogens is 3. The molecule has 10 heteroatoms. The number of alkyl halides is 3. The molecular weight excluding hydrogens is 575 g/mol. The van der Waals surface area contributed by atoms with E-state index in [9.17, 15) is 27.6 Å². The zero-order chi connectivity index (χ0) is 31.0. The van der Waals surface area contributed by atoms with E-state index in [1.165, 1.54) is 23.9 Å². The van der Waals surface area contributed by atoms with Crippen LogP contribution in [0.25, 0.3) is 6.08 Å². The molecule has 0 bridgehead atoms. The first-order chi connectivity index (χ1) is 20.5. The normalized spacial score (nSPS) is 12.3. The predicted octanol–water partition coefficient (Wildman–Crippen LogP) is 7.54. The van der Waals surface area contributed by atoms with E-state index in [4.69, 9.17) is 0 Å². The molecule has 6 nitrogen and oxygen atoms in total. The first-order valence-electron chi connectivity index (χ1n) is 13.2. The zero-order valence-corrected chi connectivity index (χ0v) is 24.1. The summed E-state index contributed by atoms with van der Waals surface area (Å²) < 4.78 is 39.1. The molecule has 220 valence electrons. The molecule has 0 aliphatic rings. The van der Waals surface area contributed by atoms with E-state index >= 15 is 0 Å². The summed E-state index contributed by atoms with van der Waals surface area (Å²) >= 11 is 1.17. The van der Waals surface area contributed by atoms with Crippen molar-refractivity contribution in [2.24, 2.45) is 0 Å². The van der Waals surface area contributed by atoms with Crippen molar-refractivity contribution in [1.82, 2.24) is 5.32 Å². The maximum atomic E-state index is 13.3. The van der Waals surface area contributed by atoms with Crippen LogP contribution in [0, 0.1) is 6.92 Å². The number of carbonyl (C=O) groups excluding carboxylic acids is 3. The van der Waals surface area contributed by atoms with Crippen LogP contribution in [-0.4, -0.2) is 23.0 Å². The molecule has 0 radical (unpaired) electrons. The summed E-state index contributed by atoms with van der Waals surface area (Å²) in [6.07, 6.45) is -2.94. The lowest BCUT2D eigenvalue weighted by Gasteiger charge is -2.15. The number of thioether (sulfide) groups is 1. The average Bonchev–Trinajstić information content (AvgIpc) is 2.98. The summed E-state index contributed by atoms with van der Waals surface area (Å²) in [5, 5.41) is 7.34. The molecule has 4 aromatic rings. The molecule has 0 heterocycles. The smallest absolute Gasteiger partial charge is 0.325 e. The topological polar surface area (TPSA) is 87.3 Å². The van der Waals surface area contributed by atoms with Crippen molar-refractivity contribution < 1.29 is 27.6 Å². The minimum Gasteiger partial charge on any atom is -0.325 e. The number of nitrogens with one attached hydrogen (secondary N) is 3. The van der Waals surface area contributed by atoms with Gasteiger partial charge in [0.05, 0.1) is 10.8 Å². The lowest BCUT2D eigenvalue weighted by atomic mass is 10.1. The molecule has 0 saturated carbocycles. The van der Waals surface area contributed by atoms with Crippen LogP contribution in [-0.2, 0) is 15.8 Å². The maximum Gasteiger partial charge on any atom is 0.416 e. The van der Waals surface area contributed by atoms with Gasteiger partial charge in [-0.15, -0.1) is 11.8 Å². The van der Waals surface area contributed by atoms with Gasteiger partial charge < -0.3 is 16.0 Å². The summed E-state index contributed by atoms with van der Waals surface area (Å²) in [7, 11) is 0. The number of carbonyl (C=O) groups is 3. The molecule has 4 aromatic carbocycles. The van der Waals surface area contributed by atoms with E-state index in [0.717, 1.165) is 17.7 Å². The molecule has 1 atom stereocenters. The minimum absolute atomic E-state index is 0.0320. The first kappa shape index (κ1) is 31.1. The Morgan fingerprint density at radius 3 is 2.12 bits per heavy atom. The fourth-order valence-corrected chi connectivity index (χ4v) is 4.82. The summed E-state index contributed by atoms with van der Waals surface area (Å²) in [5.41, 5.74) is 1.79. The quantitative estimate of drug-likeness (QED) is 0.136. The van der Waals surface area contributed by atoms with E-state index in [2.05, 4.69) is 16.0 Å². The Labute approximate surface area is 251 Å². The van der Waals surface area contributed by atoms with E-state index in [1.807, 2.05) is 31.2 Å². The largest absolute Gasteiger partial charge is 0.416 e. The minimum atomic E-state index is -4.52. The number of anilines is 2. The molecule has 0 aliphatic heterocycles. The molecule has 3 N–H and O–H groups in total. The van der Waals surface area contributed by atoms with Crippen molar-refractivity contribution in [1.29, 1.82) is 0 Å². The van der Waals surface area contributed by atoms with E-state index < -0.39 is 34.7 Å². The summed E-state index contributed by atoms with van der Waals surface area (Å²) in [5.74, 6) is -1.48. The van der Waals surface area contributed by atoms with Crippen LogP contribution >= 0.6 is 11.8 Å². The number of rotatable bonds is 9. The third kappa shape index (κ3) is 9.08. The Balaban J connectivity index is 1.46. The number of hydrogen-bond donors (Lipinski definition) is 3. The molecular formula is C33H28F3N3O3S. The van der Waals surface area contributed by atoms with E-state index in [-0.39, 0.29) is 11.4 Å². The summed E-state index contributed by atoms with van der Waals surface area (Å²) in [6.45, 7) is 3.57. The number of aryl methyl sites for hydroxylation is 1. The Bertz CT molecular complexity index is 1640. The van der Waals surface area contributed by atoms with Gasteiger partial charge >= 0.3 is 6.18 Å². The highest BCUT2D eigenvalue weighted by Gasteiger charge is 2.30. The van der Waals surface area contributed by atoms with Crippen molar-refractivity contribution in [2.45, 2.75) is 30.2 Å². The van der Waals surface area contributed by atoms with Crippen LogP contribution in [0.15, 0.2) is 114 Å². The van der Waals surface area contributed by atoms with Crippen molar-refractivity contribution >= 4 is 46.9 Å². The van der Waals surface area contributed by atoms with Crippen LogP contribution in [0.2, 0.25) is 0 Å².